The van der Waals surface area contributed by atoms with Gasteiger partial charge in [0.1, 0.15) is 0 Å². The van der Waals surface area contributed by atoms with Crippen LogP contribution >= 0.6 is 11.6 Å². The average Bonchev–Trinajstić information content (AvgIpc) is 2.37. The second-order valence-electron chi connectivity index (χ2n) is 4.03. The largest absolute Gasteiger partial charge is 0.381 e. The summed E-state index contributed by atoms with van der Waals surface area (Å²) in [4.78, 5) is 0. The van der Waals surface area contributed by atoms with Gasteiger partial charge in [0.25, 0.3) is 0 Å². The third-order valence-corrected chi connectivity index (χ3v) is 2.99. The van der Waals surface area contributed by atoms with Crippen molar-refractivity contribution in [2.75, 3.05) is 5.32 Å². The Kier molecular flexibility index (Phi) is 4.05. The Morgan fingerprint density at radius 1 is 1.00 bits per heavy atom. The highest BCUT2D eigenvalue weighted by molar-refractivity contribution is 6.30. The molecule has 0 aromatic heterocycles. The van der Waals surface area contributed by atoms with Crippen LogP contribution in [0.15, 0.2) is 48.5 Å². The minimum absolute atomic E-state index is 0.760. The topological polar surface area (TPSA) is 12.0 Å². The Balaban J connectivity index is 1.97. The molecule has 1 nitrogen and oxygen atoms in total. The van der Waals surface area contributed by atoms with Crippen molar-refractivity contribution in [2.24, 2.45) is 0 Å². The molecule has 17 heavy (non-hydrogen) atoms. The number of nitrogens with one attached hydrogen (secondary N) is 1. The minimum Gasteiger partial charge on any atom is -0.381 e. The van der Waals surface area contributed by atoms with E-state index >= 15 is 0 Å². The van der Waals surface area contributed by atoms with E-state index < -0.39 is 0 Å². The van der Waals surface area contributed by atoms with Gasteiger partial charge in [-0.05, 0) is 35.7 Å². The summed E-state index contributed by atoms with van der Waals surface area (Å²) in [6.07, 6.45) is 1.09. The molecule has 0 spiro atoms. The van der Waals surface area contributed by atoms with Crippen molar-refractivity contribution in [3.8, 4) is 0 Å². The smallest absolute Gasteiger partial charge is 0.0426 e. The van der Waals surface area contributed by atoms with Crippen LogP contribution < -0.4 is 5.32 Å². The standard InChI is InChI=1S/C15H16ClN/c1-2-12-6-8-13(9-7-12)11-17-15-5-3-4-14(16)10-15/h3-10,17H,2,11H2,1H3. The number of aryl methyl sites for hydroxylation is 1. The molecule has 0 aliphatic rings. The maximum Gasteiger partial charge on any atom is 0.0426 e. The Morgan fingerprint density at radius 2 is 1.71 bits per heavy atom. The molecule has 0 radical (unpaired) electrons. The fourth-order valence-electron chi connectivity index (χ4n) is 1.70. The van der Waals surface area contributed by atoms with Crippen molar-refractivity contribution >= 4 is 17.3 Å². The summed E-state index contributed by atoms with van der Waals surface area (Å²) in [5, 5.41) is 4.12. The molecule has 0 amide bonds. The van der Waals surface area contributed by atoms with Gasteiger partial charge in [0.05, 0.1) is 0 Å². The van der Waals surface area contributed by atoms with Gasteiger partial charge in [-0.3, -0.25) is 0 Å². The molecule has 2 aromatic carbocycles. The lowest BCUT2D eigenvalue weighted by molar-refractivity contribution is 1.11. The van der Waals surface area contributed by atoms with Gasteiger partial charge in [-0.1, -0.05) is 48.9 Å². The molecule has 0 aliphatic heterocycles. The molecule has 2 aromatic rings. The van der Waals surface area contributed by atoms with E-state index in [1.165, 1.54) is 11.1 Å². The zero-order valence-corrected chi connectivity index (χ0v) is 10.7. The highest BCUT2D eigenvalue weighted by atomic mass is 35.5. The van der Waals surface area contributed by atoms with Gasteiger partial charge in [-0.15, -0.1) is 0 Å². The molecule has 0 heterocycles. The predicted octanol–water partition coefficient (Wildman–Crippen LogP) is 4.51. The first kappa shape index (κ1) is 12.0. The molecule has 0 aliphatic carbocycles. The van der Waals surface area contributed by atoms with Crippen molar-refractivity contribution in [3.63, 3.8) is 0 Å². The maximum absolute atomic E-state index is 5.93. The van der Waals surface area contributed by atoms with Crippen LogP contribution in [0.1, 0.15) is 18.1 Å². The van der Waals surface area contributed by atoms with Gasteiger partial charge >= 0.3 is 0 Å². The number of halogens is 1. The number of anilines is 1. The van der Waals surface area contributed by atoms with Crippen LogP contribution in [0.25, 0.3) is 0 Å². The highest BCUT2D eigenvalue weighted by Crippen LogP contribution is 2.16. The van der Waals surface area contributed by atoms with E-state index in [4.69, 9.17) is 11.6 Å². The van der Waals surface area contributed by atoms with Crippen LogP contribution in [0.5, 0.6) is 0 Å². The molecule has 0 bridgehead atoms. The number of hydrogen-bond donors (Lipinski definition) is 1. The van der Waals surface area contributed by atoms with Gasteiger partial charge < -0.3 is 5.32 Å². The summed E-state index contributed by atoms with van der Waals surface area (Å²) in [7, 11) is 0. The number of benzene rings is 2. The monoisotopic (exact) mass is 245 g/mol. The van der Waals surface area contributed by atoms with Crippen LogP contribution in [-0.2, 0) is 13.0 Å². The van der Waals surface area contributed by atoms with Crippen molar-refractivity contribution in [1.82, 2.24) is 0 Å². The summed E-state index contributed by atoms with van der Waals surface area (Å²) in [6.45, 7) is 2.99. The second kappa shape index (κ2) is 5.74. The average molecular weight is 246 g/mol. The van der Waals surface area contributed by atoms with Crippen molar-refractivity contribution in [3.05, 3.63) is 64.7 Å². The Hall–Kier alpha value is -1.47. The van der Waals surface area contributed by atoms with Crippen LogP contribution in [-0.4, -0.2) is 0 Å². The van der Waals surface area contributed by atoms with E-state index in [1.54, 1.807) is 0 Å². The Morgan fingerprint density at radius 3 is 2.35 bits per heavy atom. The van der Waals surface area contributed by atoms with E-state index in [2.05, 4.69) is 36.5 Å². The summed E-state index contributed by atoms with van der Waals surface area (Å²) in [5.74, 6) is 0. The summed E-state index contributed by atoms with van der Waals surface area (Å²) >= 11 is 5.93. The summed E-state index contributed by atoms with van der Waals surface area (Å²) in [5.41, 5.74) is 3.70. The molecule has 1 N–H and O–H groups in total. The third-order valence-electron chi connectivity index (χ3n) is 2.75. The molecule has 2 heteroatoms. The van der Waals surface area contributed by atoms with E-state index in [9.17, 15) is 0 Å². The first-order chi connectivity index (χ1) is 8.28. The van der Waals surface area contributed by atoms with Gasteiger partial charge in [-0.25, -0.2) is 0 Å². The molecule has 0 saturated carbocycles. The zero-order chi connectivity index (χ0) is 12.1. The van der Waals surface area contributed by atoms with Crippen LogP contribution in [0, 0.1) is 0 Å². The molecule has 0 saturated heterocycles. The first-order valence-corrected chi connectivity index (χ1v) is 6.23. The molecular formula is C15H16ClN. The highest BCUT2D eigenvalue weighted by Gasteiger charge is 1.95. The summed E-state index contributed by atoms with van der Waals surface area (Å²) < 4.78 is 0. The van der Waals surface area contributed by atoms with Gasteiger partial charge in [0.2, 0.25) is 0 Å². The second-order valence-corrected chi connectivity index (χ2v) is 4.47. The summed E-state index contributed by atoms with van der Waals surface area (Å²) in [6, 6.07) is 16.5. The van der Waals surface area contributed by atoms with E-state index in [0.717, 1.165) is 23.7 Å². The van der Waals surface area contributed by atoms with E-state index in [0.29, 0.717) is 0 Å². The maximum atomic E-state index is 5.93. The van der Waals surface area contributed by atoms with Crippen LogP contribution in [0.2, 0.25) is 5.02 Å². The van der Waals surface area contributed by atoms with E-state index in [1.807, 2.05) is 24.3 Å². The van der Waals surface area contributed by atoms with E-state index in [-0.39, 0.29) is 0 Å². The fraction of sp³-hybridized carbons (Fsp3) is 0.200. The molecular weight excluding hydrogens is 230 g/mol. The number of rotatable bonds is 4. The Labute approximate surface area is 107 Å². The normalized spacial score (nSPS) is 10.2. The lowest BCUT2D eigenvalue weighted by Crippen LogP contribution is -1.99. The van der Waals surface area contributed by atoms with Crippen molar-refractivity contribution in [2.45, 2.75) is 19.9 Å². The SMILES string of the molecule is CCc1ccc(CNc2cccc(Cl)c2)cc1. The lowest BCUT2D eigenvalue weighted by atomic mass is 10.1. The fourth-order valence-corrected chi connectivity index (χ4v) is 1.89. The lowest BCUT2D eigenvalue weighted by Gasteiger charge is -2.07. The Bertz CT molecular complexity index is 477. The third kappa shape index (κ3) is 3.50. The van der Waals surface area contributed by atoms with Crippen LogP contribution in [0.3, 0.4) is 0 Å². The van der Waals surface area contributed by atoms with Gasteiger partial charge in [0.15, 0.2) is 0 Å². The minimum atomic E-state index is 0.760. The van der Waals surface area contributed by atoms with Crippen LogP contribution in [0.4, 0.5) is 5.69 Å². The molecule has 2 rings (SSSR count). The van der Waals surface area contributed by atoms with Gasteiger partial charge in [-0.2, -0.15) is 0 Å². The molecule has 0 atom stereocenters. The molecule has 0 unspecified atom stereocenters. The quantitative estimate of drug-likeness (QED) is 0.836. The van der Waals surface area contributed by atoms with Gasteiger partial charge in [0, 0.05) is 17.3 Å². The number of hydrogen-bond acceptors (Lipinski definition) is 1. The molecule has 0 fully saturated rings. The van der Waals surface area contributed by atoms with Crippen molar-refractivity contribution in [1.29, 1.82) is 0 Å². The first-order valence-electron chi connectivity index (χ1n) is 5.85. The molecule has 88 valence electrons. The van der Waals surface area contributed by atoms with Crippen molar-refractivity contribution < 1.29 is 0 Å². The zero-order valence-electron chi connectivity index (χ0n) is 9.91. The predicted molar refractivity (Wildman–Crippen MR) is 74.6 cm³/mol.